The Kier molecular flexibility index (Phi) is 4.96. The molecule has 1 aliphatic rings. The first-order chi connectivity index (χ1) is 9.97. The summed E-state index contributed by atoms with van der Waals surface area (Å²) in [6.45, 7) is 2.83. The molecule has 2 rings (SSSR count). The number of carboxylic acid groups (broad SMARTS) is 1. The first-order valence-corrected chi connectivity index (χ1v) is 7.21. The van der Waals surface area contributed by atoms with Crippen molar-refractivity contribution >= 4 is 11.9 Å². The number of hydrogen-bond donors (Lipinski definition) is 1. The Morgan fingerprint density at radius 2 is 2.10 bits per heavy atom. The predicted molar refractivity (Wildman–Crippen MR) is 80.3 cm³/mol. The lowest BCUT2D eigenvalue weighted by atomic mass is 10.0. The quantitative estimate of drug-likeness (QED) is 0.889. The van der Waals surface area contributed by atoms with Crippen LogP contribution < -0.4 is 0 Å². The lowest BCUT2D eigenvalue weighted by Crippen LogP contribution is -2.34. The highest BCUT2D eigenvalue weighted by Gasteiger charge is 2.23. The van der Waals surface area contributed by atoms with Crippen LogP contribution in [0.4, 0.5) is 0 Å². The third kappa shape index (κ3) is 4.04. The molecule has 1 amide bonds. The molecular formula is C16H22N2O3. The maximum atomic E-state index is 12.3. The van der Waals surface area contributed by atoms with E-state index < -0.39 is 5.97 Å². The van der Waals surface area contributed by atoms with Crippen LogP contribution >= 0.6 is 0 Å². The number of carbonyl (C=O) groups excluding carboxylic acids is 1. The van der Waals surface area contributed by atoms with Crippen LogP contribution in [-0.2, 0) is 11.2 Å². The fourth-order valence-electron chi connectivity index (χ4n) is 2.85. The molecule has 0 bridgehead atoms. The van der Waals surface area contributed by atoms with Crippen LogP contribution in [0, 0.1) is 5.92 Å². The smallest absolute Gasteiger partial charge is 0.335 e. The van der Waals surface area contributed by atoms with Gasteiger partial charge in [0.05, 0.1) is 12.0 Å². The Balaban J connectivity index is 1.96. The molecule has 5 nitrogen and oxygen atoms in total. The summed E-state index contributed by atoms with van der Waals surface area (Å²) in [7, 11) is 3.88. The summed E-state index contributed by atoms with van der Waals surface area (Å²) in [5.41, 5.74) is 0.783. The van der Waals surface area contributed by atoms with E-state index in [0.717, 1.165) is 26.1 Å². The Labute approximate surface area is 125 Å². The van der Waals surface area contributed by atoms with E-state index in [0.29, 0.717) is 11.5 Å². The van der Waals surface area contributed by atoms with Crippen LogP contribution in [-0.4, -0.2) is 60.5 Å². The van der Waals surface area contributed by atoms with Crippen molar-refractivity contribution in [3.05, 3.63) is 35.4 Å². The summed E-state index contributed by atoms with van der Waals surface area (Å²) in [6.07, 6.45) is 1.25. The van der Waals surface area contributed by atoms with E-state index in [1.54, 1.807) is 30.1 Å². The fraction of sp³-hybridized carbons (Fsp3) is 0.500. The fourth-order valence-corrected chi connectivity index (χ4v) is 2.85. The molecule has 1 aliphatic heterocycles. The number of rotatable bonds is 5. The third-order valence-electron chi connectivity index (χ3n) is 4.04. The number of benzene rings is 1. The van der Waals surface area contributed by atoms with E-state index in [1.165, 1.54) is 6.07 Å². The van der Waals surface area contributed by atoms with Crippen molar-refractivity contribution in [3.8, 4) is 0 Å². The zero-order chi connectivity index (χ0) is 15.4. The number of aromatic carboxylic acids is 1. The predicted octanol–water partition coefficient (Wildman–Crippen LogP) is 1.34. The Bertz CT molecular complexity index is 530. The summed E-state index contributed by atoms with van der Waals surface area (Å²) < 4.78 is 0. The van der Waals surface area contributed by atoms with Crippen molar-refractivity contribution in [2.45, 2.75) is 12.8 Å². The minimum Gasteiger partial charge on any atom is -0.478 e. The zero-order valence-corrected chi connectivity index (χ0v) is 12.6. The van der Waals surface area contributed by atoms with Crippen LogP contribution in [0.1, 0.15) is 22.3 Å². The Morgan fingerprint density at radius 3 is 2.71 bits per heavy atom. The molecule has 1 unspecified atom stereocenters. The average molecular weight is 290 g/mol. The summed E-state index contributed by atoms with van der Waals surface area (Å²) >= 11 is 0. The summed E-state index contributed by atoms with van der Waals surface area (Å²) in [5, 5.41) is 9.15. The molecule has 1 atom stereocenters. The molecule has 0 saturated carbocycles. The van der Waals surface area contributed by atoms with Gasteiger partial charge in [0.15, 0.2) is 0 Å². The summed E-state index contributed by atoms with van der Waals surface area (Å²) in [5.74, 6) is -0.504. The molecule has 1 aromatic rings. The number of likely N-dealkylation sites (N-methyl/N-ethyl adjacent to an activating group) is 1. The molecule has 1 heterocycles. The second-order valence-electron chi connectivity index (χ2n) is 5.83. The van der Waals surface area contributed by atoms with Gasteiger partial charge in [-0.15, -0.1) is 0 Å². The van der Waals surface area contributed by atoms with E-state index in [2.05, 4.69) is 11.9 Å². The molecule has 0 aliphatic carbocycles. The minimum atomic E-state index is -0.988. The van der Waals surface area contributed by atoms with E-state index in [1.807, 2.05) is 0 Å². The Morgan fingerprint density at radius 1 is 1.38 bits per heavy atom. The van der Waals surface area contributed by atoms with Gasteiger partial charge >= 0.3 is 5.97 Å². The normalized spacial score (nSPS) is 18.7. The van der Waals surface area contributed by atoms with Crippen molar-refractivity contribution in [3.63, 3.8) is 0 Å². The first kappa shape index (κ1) is 15.5. The average Bonchev–Trinajstić information content (AvgIpc) is 2.84. The van der Waals surface area contributed by atoms with Gasteiger partial charge in [-0.25, -0.2) is 4.79 Å². The maximum Gasteiger partial charge on any atom is 0.335 e. The summed E-state index contributed by atoms with van der Waals surface area (Å²) in [4.78, 5) is 27.4. The van der Waals surface area contributed by atoms with Crippen molar-refractivity contribution < 1.29 is 14.7 Å². The molecule has 21 heavy (non-hydrogen) atoms. The van der Waals surface area contributed by atoms with Gasteiger partial charge in [-0.3, -0.25) is 4.79 Å². The highest BCUT2D eigenvalue weighted by atomic mass is 16.4. The maximum absolute atomic E-state index is 12.3. The van der Waals surface area contributed by atoms with Crippen molar-refractivity contribution in [1.29, 1.82) is 0 Å². The number of hydrogen-bond acceptors (Lipinski definition) is 3. The van der Waals surface area contributed by atoms with Crippen LogP contribution in [0.15, 0.2) is 24.3 Å². The van der Waals surface area contributed by atoms with Gasteiger partial charge in [0.25, 0.3) is 0 Å². The second-order valence-corrected chi connectivity index (χ2v) is 5.83. The number of likely N-dealkylation sites (tertiary alicyclic amines) is 1. The molecule has 1 aromatic carbocycles. The first-order valence-electron chi connectivity index (χ1n) is 7.21. The van der Waals surface area contributed by atoms with Crippen molar-refractivity contribution in [1.82, 2.24) is 9.80 Å². The number of amides is 1. The highest BCUT2D eigenvalue weighted by molar-refractivity contribution is 5.91. The SMILES string of the molecule is CN1CCC(CN(C)C(=O)Cc2ccccc2C(=O)O)C1. The topological polar surface area (TPSA) is 60.9 Å². The molecule has 5 heteroatoms. The van der Waals surface area contributed by atoms with Crippen LogP contribution in [0.2, 0.25) is 0 Å². The highest BCUT2D eigenvalue weighted by Crippen LogP contribution is 2.16. The molecule has 0 aromatic heterocycles. The molecule has 1 N–H and O–H groups in total. The van der Waals surface area contributed by atoms with Gasteiger partial charge in [-0.2, -0.15) is 0 Å². The van der Waals surface area contributed by atoms with E-state index in [9.17, 15) is 9.59 Å². The number of carboxylic acids is 1. The van der Waals surface area contributed by atoms with Gasteiger partial charge in [0, 0.05) is 20.1 Å². The van der Waals surface area contributed by atoms with E-state index in [4.69, 9.17) is 5.11 Å². The van der Waals surface area contributed by atoms with Gasteiger partial charge in [-0.1, -0.05) is 18.2 Å². The lowest BCUT2D eigenvalue weighted by Gasteiger charge is -2.21. The largest absolute Gasteiger partial charge is 0.478 e. The Hall–Kier alpha value is -1.88. The molecule has 1 fully saturated rings. The zero-order valence-electron chi connectivity index (χ0n) is 12.6. The van der Waals surface area contributed by atoms with Gasteiger partial charge < -0.3 is 14.9 Å². The minimum absolute atomic E-state index is 0.0294. The molecule has 0 spiro atoms. The summed E-state index contributed by atoms with van der Waals surface area (Å²) in [6, 6.07) is 6.69. The molecular weight excluding hydrogens is 268 g/mol. The van der Waals surface area contributed by atoms with Crippen molar-refractivity contribution in [2.24, 2.45) is 5.92 Å². The van der Waals surface area contributed by atoms with Gasteiger partial charge in [0.1, 0.15) is 0 Å². The van der Waals surface area contributed by atoms with Gasteiger partial charge in [0.2, 0.25) is 5.91 Å². The third-order valence-corrected chi connectivity index (χ3v) is 4.04. The van der Waals surface area contributed by atoms with Gasteiger partial charge in [-0.05, 0) is 37.6 Å². The van der Waals surface area contributed by atoms with Crippen LogP contribution in [0.25, 0.3) is 0 Å². The second kappa shape index (κ2) is 6.72. The monoisotopic (exact) mass is 290 g/mol. The van der Waals surface area contributed by atoms with E-state index in [-0.39, 0.29) is 17.9 Å². The van der Waals surface area contributed by atoms with Crippen LogP contribution in [0.5, 0.6) is 0 Å². The number of nitrogens with zero attached hydrogens (tertiary/aromatic N) is 2. The van der Waals surface area contributed by atoms with E-state index >= 15 is 0 Å². The lowest BCUT2D eigenvalue weighted by molar-refractivity contribution is -0.129. The standard InChI is InChI=1S/C16H22N2O3/c1-17-8-7-12(10-17)11-18(2)15(19)9-13-5-3-4-6-14(13)16(20)21/h3-6,12H,7-11H2,1-2H3,(H,20,21). The molecule has 0 radical (unpaired) electrons. The van der Waals surface area contributed by atoms with Crippen molar-refractivity contribution in [2.75, 3.05) is 33.7 Å². The molecule has 114 valence electrons. The van der Waals surface area contributed by atoms with Crippen LogP contribution in [0.3, 0.4) is 0 Å². The number of carbonyl (C=O) groups is 2. The molecule has 1 saturated heterocycles.